The van der Waals surface area contributed by atoms with Gasteiger partial charge in [0.25, 0.3) is 0 Å². The lowest BCUT2D eigenvalue weighted by molar-refractivity contribution is 1.45. The third-order valence-electron chi connectivity index (χ3n) is 18.4. The van der Waals surface area contributed by atoms with Crippen molar-refractivity contribution in [1.29, 1.82) is 0 Å². The minimum atomic E-state index is 1.25. The van der Waals surface area contributed by atoms with Crippen LogP contribution in [0, 0.1) is 27.7 Å². The molecule has 16 aromatic carbocycles. The zero-order chi connectivity index (χ0) is 68.2. The number of aryl methyl sites for hydroxylation is 4. The van der Waals surface area contributed by atoms with Gasteiger partial charge in [-0.3, -0.25) is 0 Å². The molecule has 0 atom stereocenters. The van der Waals surface area contributed by atoms with Gasteiger partial charge >= 0.3 is 0 Å². The van der Waals surface area contributed by atoms with E-state index >= 15 is 0 Å². The minimum absolute atomic E-state index is 1.25. The largest absolute Gasteiger partial charge is 0.0622 e. The van der Waals surface area contributed by atoms with E-state index in [1.54, 1.807) is 0 Å². The highest BCUT2D eigenvalue weighted by molar-refractivity contribution is 5.89. The van der Waals surface area contributed by atoms with Crippen molar-refractivity contribution < 1.29 is 0 Å². The second kappa shape index (κ2) is 32.5. The maximum Gasteiger partial charge on any atom is -0.0103 e. The average Bonchev–Trinajstić information content (AvgIpc) is 0.917. The first-order valence-electron chi connectivity index (χ1n) is 34.5. The molecular weight excluding hydrogens is 1200 g/mol. The maximum atomic E-state index is 2.28. The van der Waals surface area contributed by atoms with Gasteiger partial charge in [0.2, 0.25) is 0 Å². The summed E-state index contributed by atoms with van der Waals surface area (Å²) < 4.78 is 0. The summed E-state index contributed by atoms with van der Waals surface area (Å²) in [4.78, 5) is 0. The van der Waals surface area contributed by atoms with Crippen molar-refractivity contribution in [2.75, 3.05) is 0 Å². The molecule has 0 N–H and O–H groups in total. The van der Waals surface area contributed by atoms with E-state index < -0.39 is 0 Å². The van der Waals surface area contributed by atoms with E-state index in [1.165, 1.54) is 156 Å². The van der Waals surface area contributed by atoms with Crippen molar-refractivity contribution in [3.05, 3.63) is 435 Å². The third kappa shape index (κ3) is 16.5. The molecule has 0 amide bonds. The molecule has 0 nitrogen and oxygen atoms in total. The normalized spacial score (nSPS) is 10.6. The van der Waals surface area contributed by atoms with Crippen LogP contribution >= 0.6 is 0 Å². The Morgan fingerprint density at radius 2 is 0.330 bits per heavy atom. The summed E-state index contributed by atoms with van der Waals surface area (Å²) in [5.41, 5.74) is 35.4. The first-order chi connectivity index (χ1) is 49.3. The van der Waals surface area contributed by atoms with E-state index in [0.29, 0.717) is 0 Å². The zero-order valence-electron chi connectivity index (χ0n) is 57.3. The van der Waals surface area contributed by atoms with Crippen LogP contribution in [0.5, 0.6) is 0 Å². The summed E-state index contributed by atoms with van der Waals surface area (Å²) in [6.07, 6.45) is 0. The minimum Gasteiger partial charge on any atom is -0.0622 e. The number of benzene rings is 16. The van der Waals surface area contributed by atoms with Crippen LogP contribution in [0.2, 0.25) is 0 Å². The Morgan fingerprint density at radius 3 is 0.670 bits per heavy atom. The van der Waals surface area contributed by atoms with Crippen molar-refractivity contribution in [2.45, 2.75) is 27.7 Å². The van der Waals surface area contributed by atoms with Crippen LogP contribution < -0.4 is 0 Å². The van der Waals surface area contributed by atoms with Gasteiger partial charge in [-0.05, 0) is 203 Å². The molecule has 0 unspecified atom stereocenters. The van der Waals surface area contributed by atoms with Crippen molar-refractivity contribution in [2.24, 2.45) is 0 Å². The molecule has 0 aliphatic heterocycles. The van der Waals surface area contributed by atoms with E-state index in [0.717, 1.165) is 0 Å². The average molecular weight is 1280 g/mol. The Morgan fingerprint density at radius 1 is 0.110 bits per heavy atom. The van der Waals surface area contributed by atoms with Crippen molar-refractivity contribution in [3.8, 4) is 134 Å². The Bertz CT molecular complexity index is 5310. The summed E-state index contributed by atoms with van der Waals surface area (Å²) in [6, 6.07) is 147. The molecule has 480 valence electrons. The van der Waals surface area contributed by atoms with Crippen molar-refractivity contribution in [3.63, 3.8) is 0 Å². The first kappa shape index (κ1) is 66.1. The highest BCUT2D eigenvalue weighted by atomic mass is 14.2. The quantitative estimate of drug-likeness (QED) is 0.114. The van der Waals surface area contributed by atoms with Crippen molar-refractivity contribution >= 4 is 0 Å². The SMILES string of the molecule is Cc1ccc(-c2ccccc2-c2cccc(-c3ccccc3)c2)cc1.Cc1cccc(-c2ccccc2-c2cccc(-c3ccccc3)c2)c1.Cc1ccccc1-c1cccc(-c2cccc(-c3ccccc3)c2)c1.Cc1ccccc1-c1ccccc1-c1cccc(-c2ccccc2)c1. The molecule has 0 radical (unpaired) electrons. The van der Waals surface area contributed by atoms with Crippen LogP contribution in [0.4, 0.5) is 0 Å². The molecular formula is C100H80. The Balaban J connectivity index is 0.000000119. The van der Waals surface area contributed by atoms with Gasteiger partial charge in [-0.15, -0.1) is 0 Å². The lowest BCUT2D eigenvalue weighted by atomic mass is 9.91. The van der Waals surface area contributed by atoms with E-state index in [-0.39, 0.29) is 0 Å². The van der Waals surface area contributed by atoms with Gasteiger partial charge < -0.3 is 0 Å². The molecule has 16 aromatic rings. The number of rotatable bonds is 12. The van der Waals surface area contributed by atoms with Crippen molar-refractivity contribution in [1.82, 2.24) is 0 Å². The third-order valence-corrected chi connectivity index (χ3v) is 18.4. The topological polar surface area (TPSA) is 0 Å². The number of hydrogen-bond acceptors (Lipinski definition) is 0. The predicted molar refractivity (Wildman–Crippen MR) is 430 cm³/mol. The molecule has 16 rings (SSSR count). The zero-order valence-corrected chi connectivity index (χ0v) is 57.3. The van der Waals surface area contributed by atoms with Gasteiger partial charge in [0, 0.05) is 0 Å². The highest BCUT2D eigenvalue weighted by Crippen LogP contribution is 2.39. The Kier molecular flexibility index (Phi) is 21.5. The maximum absolute atomic E-state index is 2.28. The van der Waals surface area contributed by atoms with Crippen LogP contribution in [0.3, 0.4) is 0 Å². The number of hydrogen-bond donors (Lipinski definition) is 0. The fourth-order valence-corrected chi connectivity index (χ4v) is 13.1. The molecule has 0 spiro atoms. The predicted octanol–water partition coefficient (Wildman–Crippen LogP) is 28.0. The molecule has 0 aliphatic carbocycles. The molecule has 0 saturated carbocycles. The molecule has 0 heteroatoms. The summed E-state index contributed by atoms with van der Waals surface area (Å²) in [6.45, 7) is 8.60. The van der Waals surface area contributed by atoms with Crippen LogP contribution in [-0.4, -0.2) is 0 Å². The van der Waals surface area contributed by atoms with Gasteiger partial charge in [-0.25, -0.2) is 0 Å². The standard InChI is InChI=1S/4C25H20/c1-19-9-7-13-22(17-19)24-15-5-6-16-25(24)23-14-8-12-21(18-23)20-10-3-2-4-11-20;1-19-9-5-6-16-25(19)24-15-8-14-23(18-24)22-13-7-12-21(17-22)20-10-3-2-4-11-20;1-19-10-5-6-15-23(19)25-17-8-7-16-24(25)22-14-9-13-21(18-22)20-11-3-2-4-12-20;1-19-14-16-21(17-15-19)24-12-5-6-13-25(24)23-11-7-10-22(18-23)20-8-3-2-4-9-20/h4*2-18H,1H3. The van der Waals surface area contributed by atoms with Crippen LogP contribution in [0.25, 0.3) is 134 Å². The van der Waals surface area contributed by atoms with Gasteiger partial charge in [-0.2, -0.15) is 0 Å². The molecule has 0 heterocycles. The summed E-state index contributed by atoms with van der Waals surface area (Å²) in [5, 5.41) is 0. The molecule has 0 aliphatic rings. The molecule has 0 bridgehead atoms. The van der Waals surface area contributed by atoms with Gasteiger partial charge in [-0.1, -0.05) is 393 Å². The lowest BCUT2D eigenvalue weighted by Crippen LogP contribution is -1.88. The monoisotopic (exact) mass is 1280 g/mol. The summed E-state index contributed by atoms with van der Waals surface area (Å²) in [5.74, 6) is 0. The van der Waals surface area contributed by atoms with Crippen LogP contribution in [0.15, 0.2) is 413 Å². The van der Waals surface area contributed by atoms with Crippen LogP contribution in [-0.2, 0) is 0 Å². The first-order valence-corrected chi connectivity index (χ1v) is 34.5. The van der Waals surface area contributed by atoms with E-state index in [1.807, 2.05) is 0 Å². The second-order valence-electron chi connectivity index (χ2n) is 25.4. The van der Waals surface area contributed by atoms with E-state index in [2.05, 4.69) is 440 Å². The summed E-state index contributed by atoms with van der Waals surface area (Å²) >= 11 is 0. The summed E-state index contributed by atoms with van der Waals surface area (Å²) in [7, 11) is 0. The fraction of sp³-hybridized carbons (Fsp3) is 0.0400. The van der Waals surface area contributed by atoms with E-state index in [4.69, 9.17) is 0 Å². The fourth-order valence-electron chi connectivity index (χ4n) is 13.1. The Hall–Kier alpha value is -12.5. The van der Waals surface area contributed by atoms with Gasteiger partial charge in [0.15, 0.2) is 0 Å². The molecule has 100 heavy (non-hydrogen) atoms. The molecule has 0 saturated heterocycles. The van der Waals surface area contributed by atoms with Gasteiger partial charge in [0.1, 0.15) is 0 Å². The van der Waals surface area contributed by atoms with Crippen LogP contribution in [0.1, 0.15) is 22.3 Å². The molecule has 0 fully saturated rings. The van der Waals surface area contributed by atoms with Gasteiger partial charge in [0.05, 0.1) is 0 Å². The highest BCUT2D eigenvalue weighted by Gasteiger charge is 2.14. The van der Waals surface area contributed by atoms with E-state index in [9.17, 15) is 0 Å². The second-order valence-corrected chi connectivity index (χ2v) is 25.4. The lowest BCUT2D eigenvalue weighted by Gasteiger charge is -2.13. The smallest absolute Gasteiger partial charge is 0.0103 e. The molecule has 0 aromatic heterocycles. The Labute approximate surface area is 592 Å².